The molecule has 0 radical (unpaired) electrons. The first-order chi connectivity index (χ1) is 17.2. The van der Waals surface area contributed by atoms with E-state index in [-0.39, 0.29) is 16.9 Å². The molecule has 3 aliphatic rings. The minimum Gasteiger partial charge on any atom is -0.491 e. The molecule has 0 bridgehead atoms. The van der Waals surface area contributed by atoms with Crippen molar-refractivity contribution in [3.8, 4) is 11.5 Å². The second-order valence-corrected chi connectivity index (χ2v) is 12.6. The van der Waals surface area contributed by atoms with Crippen LogP contribution in [0.1, 0.15) is 82.9 Å². The van der Waals surface area contributed by atoms with Gasteiger partial charge in [0.25, 0.3) is 0 Å². The highest BCUT2D eigenvalue weighted by Gasteiger charge is 2.32. The Balaban J connectivity index is 1.30. The molecule has 2 saturated heterocycles. The van der Waals surface area contributed by atoms with Gasteiger partial charge in [0, 0.05) is 5.56 Å². The number of benzene rings is 2. The molecule has 0 spiro atoms. The average Bonchev–Trinajstić information content (AvgIpc) is 3.76. The summed E-state index contributed by atoms with van der Waals surface area (Å²) in [7, 11) is 0. The van der Waals surface area contributed by atoms with Crippen LogP contribution in [0, 0.1) is 5.41 Å². The molecule has 0 amide bonds. The van der Waals surface area contributed by atoms with E-state index in [1.165, 1.54) is 28.7 Å². The first kappa shape index (κ1) is 25.4. The van der Waals surface area contributed by atoms with Gasteiger partial charge in [-0.25, -0.2) is 0 Å². The quantitative estimate of drug-likeness (QED) is 0.328. The van der Waals surface area contributed by atoms with Crippen LogP contribution in [0.2, 0.25) is 0 Å². The molecule has 0 aromatic heterocycles. The highest BCUT2D eigenvalue weighted by Crippen LogP contribution is 2.43. The molecule has 0 saturated carbocycles. The van der Waals surface area contributed by atoms with E-state index in [0.29, 0.717) is 25.2 Å². The van der Waals surface area contributed by atoms with E-state index in [1.54, 1.807) is 0 Å². The SMILES string of the molecule is CC(C)(C)CC(C)(C)c1cc(C2=CCC(c3ccc(OCC4CO4)cc3)CC2)ccc1OCC1CO1. The summed E-state index contributed by atoms with van der Waals surface area (Å²) in [6.45, 7) is 14.6. The molecular weight excluding hydrogens is 448 g/mol. The Kier molecular flexibility index (Phi) is 7.20. The number of allylic oxidation sites excluding steroid dienone is 2. The van der Waals surface area contributed by atoms with E-state index in [0.717, 1.165) is 44.0 Å². The summed E-state index contributed by atoms with van der Waals surface area (Å²) in [6, 6.07) is 15.5. The second kappa shape index (κ2) is 10.2. The summed E-state index contributed by atoms with van der Waals surface area (Å²) < 4.78 is 22.7. The van der Waals surface area contributed by atoms with Crippen LogP contribution in [0.5, 0.6) is 11.5 Å². The first-order valence-corrected chi connectivity index (χ1v) is 13.6. The van der Waals surface area contributed by atoms with Gasteiger partial charge in [0.1, 0.15) is 36.9 Å². The lowest BCUT2D eigenvalue weighted by atomic mass is 9.71. The zero-order valence-electron chi connectivity index (χ0n) is 22.6. The van der Waals surface area contributed by atoms with Gasteiger partial charge in [-0.2, -0.15) is 0 Å². The van der Waals surface area contributed by atoms with Gasteiger partial charge in [-0.05, 0) is 83.4 Å². The molecule has 2 fully saturated rings. The van der Waals surface area contributed by atoms with Crippen molar-refractivity contribution in [2.24, 2.45) is 5.41 Å². The summed E-state index contributed by atoms with van der Waals surface area (Å²) >= 11 is 0. The van der Waals surface area contributed by atoms with Gasteiger partial charge in [-0.15, -0.1) is 0 Å². The van der Waals surface area contributed by atoms with Crippen LogP contribution in [0.3, 0.4) is 0 Å². The zero-order chi connectivity index (χ0) is 25.3. The van der Waals surface area contributed by atoms with Crippen molar-refractivity contribution >= 4 is 5.57 Å². The normalized spacial score (nSPS) is 23.7. The first-order valence-electron chi connectivity index (χ1n) is 13.6. The lowest BCUT2D eigenvalue weighted by Crippen LogP contribution is -2.26. The van der Waals surface area contributed by atoms with E-state index in [4.69, 9.17) is 18.9 Å². The monoisotopic (exact) mass is 490 g/mol. The predicted octanol–water partition coefficient (Wildman–Crippen LogP) is 7.31. The Labute approximate surface area is 217 Å². The van der Waals surface area contributed by atoms with Gasteiger partial charge >= 0.3 is 0 Å². The molecule has 2 aromatic rings. The minimum atomic E-state index is 0.0151. The van der Waals surface area contributed by atoms with E-state index in [1.807, 2.05) is 0 Å². The van der Waals surface area contributed by atoms with Crippen molar-refractivity contribution in [1.29, 1.82) is 0 Å². The predicted molar refractivity (Wildman–Crippen MR) is 145 cm³/mol. The summed E-state index contributed by atoms with van der Waals surface area (Å²) in [5, 5.41) is 0. The van der Waals surface area contributed by atoms with Crippen LogP contribution in [-0.2, 0) is 14.9 Å². The Hall–Kier alpha value is -2.30. The number of rotatable bonds is 10. The fraction of sp³-hybridized carbons (Fsp3) is 0.562. The molecule has 1 aliphatic carbocycles. The third-order valence-corrected chi connectivity index (χ3v) is 7.48. The zero-order valence-corrected chi connectivity index (χ0v) is 22.6. The van der Waals surface area contributed by atoms with Crippen LogP contribution < -0.4 is 9.47 Å². The Morgan fingerprint density at radius 1 is 0.861 bits per heavy atom. The molecule has 3 unspecified atom stereocenters. The van der Waals surface area contributed by atoms with Crippen LogP contribution in [0.15, 0.2) is 48.5 Å². The van der Waals surface area contributed by atoms with Crippen LogP contribution in [0.4, 0.5) is 0 Å². The molecule has 5 rings (SSSR count). The summed E-state index contributed by atoms with van der Waals surface area (Å²) in [4.78, 5) is 0. The van der Waals surface area contributed by atoms with Crippen LogP contribution in [-0.4, -0.2) is 38.6 Å². The van der Waals surface area contributed by atoms with Crippen LogP contribution >= 0.6 is 0 Å². The van der Waals surface area contributed by atoms with E-state index < -0.39 is 0 Å². The number of epoxide rings is 2. The molecule has 36 heavy (non-hydrogen) atoms. The maximum absolute atomic E-state index is 6.26. The Morgan fingerprint density at radius 2 is 1.53 bits per heavy atom. The molecule has 2 aliphatic heterocycles. The van der Waals surface area contributed by atoms with Gasteiger partial charge in [-0.3, -0.25) is 0 Å². The standard InChI is InChI=1S/C32H42O4/c1-31(2,3)21-32(4,5)29-16-25(12-15-30(29)36-20-28-19-35-28)24-8-6-22(7-9-24)23-10-13-26(14-11-23)33-17-27-18-34-27/h8,10-16,22,27-28H,6-7,9,17-21H2,1-5H3. The van der Waals surface area contributed by atoms with Gasteiger partial charge in [-0.1, -0.05) is 58.9 Å². The number of hydrogen-bond acceptors (Lipinski definition) is 4. The van der Waals surface area contributed by atoms with Crippen molar-refractivity contribution in [2.45, 2.75) is 83.8 Å². The summed E-state index contributed by atoms with van der Waals surface area (Å²) in [6.07, 6.45) is 7.43. The summed E-state index contributed by atoms with van der Waals surface area (Å²) in [5.74, 6) is 2.50. The minimum absolute atomic E-state index is 0.0151. The lowest BCUT2D eigenvalue weighted by Gasteiger charge is -2.34. The van der Waals surface area contributed by atoms with Gasteiger partial charge < -0.3 is 18.9 Å². The topological polar surface area (TPSA) is 43.5 Å². The van der Waals surface area contributed by atoms with Crippen LogP contribution in [0.25, 0.3) is 5.57 Å². The molecule has 0 N–H and O–H groups in total. The van der Waals surface area contributed by atoms with Crippen molar-refractivity contribution in [2.75, 3.05) is 26.4 Å². The van der Waals surface area contributed by atoms with Gasteiger partial charge in [0.2, 0.25) is 0 Å². The fourth-order valence-corrected chi connectivity index (χ4v) is 5.74. The molecule has 2 heterocycles. The highest BCUT2D eigenvalue weighted by molar-refractivity contribution is 5.68. The average molecular weight is 491 g/mol. The van der Waals surface area contributed by atoms with Crippen molar-refractivity contribution in [3.63, 3.8) is 0 Å². The molecule has 4 heteroatoms. The van der Waals surface area contributed by atoms with Crippen molar-refractivity contribution < 1.29 is 18.9 Å². The number of hydrogen-bond donors (Lipinski definition) is 0. The van der Waals surface area contributed by atoms with Crippen molar-refractivity contribution in [1.82, 2.24) is 0 Å². The van der Waals surface area contributed by atoms with E-state index >= 15 is 0 Å². The fourth-order valence-electron chi connectivity index (χ4n) is 5.74. The third kappa shape index (κ3) is 6.72. The van der Waals surface area contributed by atoms with Gasteiger partial charge in [0.05, 0.1) is 13.2 Å². The lowest BCUT2D eigenvalue weighted by molar-refractivity contribution is 0.245. The number of ether oxygens (including phenoxy) is 4. The molecule has 4 nitrogen and oxygen atoms in total. The highest BCUT2D eigenvalue weighted by atomic mass is 16.6. The smallest absolute Gasteiger partial charge is 0.123 e. The largest absolute Gasteiger partial charge is 0.491 e. The van der Waals surface area contributed by atoms with E-state index in [9.17, 15) is 0 Å². The molecule has 3 atom stereocenters. The molecule has 2 aromatic carbocycles. The third-order valence-electron chi connectivity index (χ3n) is 7.48. The maximum atomic E-state index is 6.26. The Bertz CT molecular complexity index is 1070. The summed E-state index contributed by atoms with van der Waals surface area (Å²) in [5.41, 5.74) is 5.76. The molecular formula is C32H42O4. The molecule has 194 valence electrons. The Morgan fingerprint density at radius 3 is 2.11 bits per heavy atom. The maximum Gasteiger partial charge on any atom is 0.123 e. The van der Waals surface area contributed by atoms with Crippen molar-refractivity contribution in [3.05, 3.63) is 65.2 Å². The van der Waals surface area contributed by atoms with E-state index in [2.05, 4.69) is 83.2 Å². The van der Waals surface area contributed by atoms with Gasteiger partial charge in [0.15, 0.2) is 0 Å². The second-order valence-electron chi connectivity index (χ2n) is 12.6.